The molecule has 1 heterocycles. The summed E-state index contributed by atoms with van der Waals surface area (Å²) in [6.07, 6.45) is 2.01. The summed E-state index contributed by atoms with van der Waals surface area (Å²) < 4.78 is 0. The fourth-order valence-electron chi connectivity index (χ4n) is 1.71. The highest BCUT2D eigenvalue weighted by Crippen LogP contribution is 2.37. The highest BCUT2D eigenvalue weighted by molar-refractivity contribution is 7.19. The van der Waals surface area contributed by atoms with E-state index in [0.29, 0.717) is 22.0 Å². The van der Waals surface area contributed by atoms with Gasteiger partial charge in [0, 0.05) is 19.5 Å². The number of thiophene rings is 1. The van der Waals surface area contributed by atoms with Crippen LogP contribution < -0.4 is 16.4 Å². The smallest absolute Gasteiger partial charge is 0.256 e. The fraction of sp³-hybridized carbons (Fsp3) is 0.467. The molecule has 0 saturated heterocycles. The summed E-state index contributed by atoms with van der Waals surface area (Å²) in [5.41, 5.74) is 7.81. The van der Waals surface area contributed by atoms with Gasteiger partial charge in [0.05, 0.1) is 16.1 Å². The molecular formula is C15H23N3O2S. The van der Waals surface area contributed by atoms with Crippen LogP contribution >= 0.6 is 11.3 Å². The predicted octanol–water partition coefficient (Wildman–Crippen LogP) is 2.91. The first-order chi connectivity index (χ1) is 9.79. The second-order valence-corrected chi connectivity index (χ2v) is 6.33. The van der Waals surface area contributed by atoms with Gasteiger partial charge in [-0.2, -0.15) is 0 Å². The van der Waals surface area contributed by atoms with E-state index in [9.17, 15) is 9.59 Å². The van der Waals surface area contributed by atoms with Crippen LogP contribution in [0.25, 0.3) is 0 Å². The number of nitrogens with one attached hydrogen (secondary N) is 2. The SMILES string of the molecule is CNC(=O)c1c(NCC=C(C)C)sc(C(=O)C(C)C)c1N. The van der Waals surface area contributed by atoms with Gasteiger partial charge in [-0.25, -0.2) is 0 Å². The molecular weight excluding hydrogens is 286 g/mol. The van der Waals surface area contributed by atoms with Crippen LogP contribution in [0.2, 0.25) is 0 Å². The number of ketones is 1. The van der Waals surface area contributed by atoms with Crippen LogP contribution in [0.4, 0.5) is 10.7 Å². The molecule has 0 aromatic carbocycles. The lowest BCUT2D eigenvalue weighted by molar-refractivity contribution is 0.0944. The molecule has 1 aromatic rings. The molecule has 1 rings (SSSR count). The van der Waals surface area contributed by atoms with Crippen molar-refractivity contribution in [1.82, 2.24) is 5.32 Å². The van der Waals surface area contributed by atoms with Gasteiger partial charge in [-0.05, 0) is 13.8 Å². The highest BCUT2D eigenvalue weighted by Gasteiger charge is 2.25. The van der Waals surface area contributed by atoms with E-state index in [0.717, 1.165) is 0 Å². The van der Waals surface area contributed by atoms with Crippen LogP contribution in [0.1, 0.15) is 47.7 Å². The number of allylic oxidation sites excluding steroid dienone is 1. The first kappa shape index (κ1) is 17.2. The van der Waals surface area contributed by atoms with Crippen LogP contribution in [0.3, 0.4) is 0 Å². The van der Waals surface area contributed by atoms with Crippen molar-refractivity contribution in [3.63, 3.8) is 0 Å². The molecule has 116 valence electrons. The largest absolute Gasteiger partial charge is 0.397 e. The van der Waals surface area contributed by atoms with Crippen LogP contribution in [0.5, 0.6) is 0 Å². The summed E-state index contributed by atoms with van der Waals surface area (Å²) in [7, 11) is 1.54. The van der Waals surface area contributed by atoms with Gasteiger partial charge in [0.1, 0.15) is 5.00 Å². The third kappa shape index (κ3) is 4.07. The zero-order valence-corrected chi connectivity index (χ0v) is 14.0. The molecule has 0 bridgehead atoms. The molecule has 0 spiro atoms. The maximum atomic E-state index is 12.2. The van der Waals surface area contributed by atoms with Gasteiger partial charge in [0.15, 0.2) is 5.78 Å². The Kier molecular flexibility index (Phi) is 5.96. The summed E-state index contributed by atoms with van der Waals surface area (Å²) in [6.45, 7) is 8.21. The number of nitrogen functional groups attached to an aromatic ring is 1. The van der Waals surface area contributed by atoms with Crippen LogP contribution in [-0.2, 0) is 0 Å². The molecule has 5 nitrogen and oxygen atoms in total. The van der Waals surface area contributed by atoms with E-state index in [1.807, 2.05) is 33.8 Å². The monoisotopic (exact) mass is 309 g/mol. The van der Waals surface area contributed by atoms with Crippen molar-refractivity contribution in [2.75, 3.05) is 24.6 Å². The lowest BCUT2D eigenvalue weighted by Gasteiger charge is -2.05. The Morgan fingerprint density at radius 1 is 1.33 bits per heavy atom. The Bertz CT molecular complexity index is 570. The molecule has 6 heteroatoms. The number of rotatable bonds is 6. The molecule has 0 aliphatic carbocycles. The lowest BCUT2D eigenvalue weighted by Crippen LogP contribution is -2.20. The van der Waals surface area contributed by atoms with Gasteiger partial charge >= 0.3 is 0 Å². The maximum Gasteiger partial charge on any atom is 0.256 e. The minimum atomic E-state index is -0.286. The molecule has 0 saturated carbocycles. The van der Waals surface area contributed by atoms with Crippen molar-refractivity contribution >= 4 is 33.7 Å². The summed E-state index contributed by atoms with van der Waals surface area (Å²) in [6, 6.07) is 0. The number of hydrogen-bond donors (Lipinski definition) is 3. The normalized spacial score (nSPS) is 10.4. The Balaban J connectivity index is 3.21. The van der Waals surface area contributed by atoms with Gasteiger partial charge in [0.25, 0.3) is 5.91 Å². The average Bonchev–Trinajstić information content (AvgIpc) is 2.73. The Labute approximate surface area is 129 Å². The molecule has 0 unspecified atom stereocenters. The zero-order valence-electron chi connectivity index (χ0n) is 13.2. The fourth-order valence-corrected chi connectivity index (χ4v) is 2.92. The van der Waals surface area contributed by atoms with E-state index in [4.69, 9.17) is 5.73 Å². The van der Waals surface area contributed by atoms with Gasteiger partial charge in [0.2, 0.25) is 0 Å². The third-order valence-corrected chi connectivity index (χ3v) is 4.10. The topological polar surface area (TPSA) is 84.2 Å². The second kappa shape index (κ2) is 7.26. The summed E-state index contributed by atoms with van der Waals surface area (Å²) in [4.78, 5) is 24.6. The van der Waals surface area contributed by atoms with Crippen molar-refractivity contribution < 1.29 is 9.59 Å². The van der Waals surface area contributed by atoms with Crippen LogP contribution in [0, 0.1) is 5.92 Å². The number of anilines is 2. The maximum absolute atomic E-state index is 12.2. The Morgan fingerprint density at radius 2 is 1.95 bits per heavy atom. The molecule has 1 amide bonds. The standard InChI is InChI=1S/C15H23N3O2S/c1-8(2)6-7-18-15-10(14(20)17-5)11(16)13(21-15)12(19)9(3)4/h6,9,18H,7,16H2,1-5H3,(H,17,20). The quantitative estimate of drug-likeness (QED) is 0.557. The molecule has 0 fully saturated rings. The van der Waals surface area contributed by atoms with Gasteiger partial charge in [-0.1, -0.05) is 25.5 Å². The second-order valence-electron chi connectivity index (χ2n) is 5.31. The van der Waals surface area contributed by atoms with Crippen molar-refractivity contribution in [2.45, 2.75) is 27.7 Å². The molecule has 0 aliphatic heterocycles. The van der Waals surface area contributed by atoms with Gasteiger partial charge in [-0.3, -0.25) is 9.59 Å². The molecule has 1 aromatic heterocycles. The van der Waals surface area contributed by atoms with Crippen molar-refractivity contribution in [2.24, 2.45) is 5.92 Å². The van der Waals surface area contributed by atoms with Gasteiger partial charge in [-0.15, -0.1) is 11.3 Å². The number of amides is 1. The summed E-state index contributed by atoms with van der Waals surface area (Å²) in [5, 5.41) is 6.36. The Hall–Kier alpha value is -1.82. The third-order valence-electron chi connectivity index (χ3n) is 2.92. The molecule has 21 heavy (non-hydrogen) atoms. The number of nitrogens with two attached hydrogens (primary N) is 1. The van der Waals surface area contributed by atoms with E-state index >= 15 is 0 Å². The highest BCUT2D eigenvalue weighted by atomic mass is 32.1. The van der Waals surface area contributed by atoms with Gasteiger partial charge < -0.3 is 16.4 Å². The van der Waals surface area contributed by atoms with Crippen molar-refractivity contribution in [3.05, 3.63) is 22.1 Å². The molecule has 4 N–H and O–H groups in total. The Morgan fingerprint density at radius 3 is 2.43 bits per heavy atom. The van der Waals surface area contributed by atoms with Crippen molar-refractivity contribution in [1.29, 1.82) is 0 Å². The van der Waals surface area contributed by atoms with E-state index in [-0.39, 0.29) is 23.3 Å². The van der Waals surface area contributed by atoms with Crippen LogP contribution in [0.15, 0.2) is 11.6 Å². The molecule has 0 atom stereocenters. The van der Waals surface area contributed by atoms with E-state index in [1.54, 1.807) is 7.05 Å². The first-order valence-corrected chi connectivity index (χ1v) is 7.67. The average molecular weight is 309 g/mol. The van der Waals surface area contributed by atoms with E-state index in [1.165, 1.54) is 16.9 Å². The summed E-state index contributed by atoms with van der Waals surface area (Å²) in [5.74, 6) is -0.488. The number of carbonyl (C=O) groups is 2. The minimum absolute atomic E-state index is 0.0436. The minimum Gasteiger partial charge on any atom is -0.397 e. The number of Topliss-reactive ketones (excluding diaryl/α,β-unsaturated/α-hetero) is 1. The number of hydrogen-bond acceptors (Lipinski definition) is 5. The molecule has 0 aliphatic rings. The predicted molar refractivity (Wildman–Crippen MR) is 89.2 cm³/mol. The lowest BCUT2D eigenvalue weighted by atomic mass is 10.1. The molecule has 0 radical (unpaired) electrons. The van der Waals surface area contributed by atoms with Crippen LogP contribution in [-0.4, -0.2) is 25.3 Å². The van der Waals surface area contributed by atoms with E-state index in [2.05, 4.69) is 10.6 Å². The van der Waals surface area contributed by atoms with Crippen molar-refractivity contribution in [3.8, 4) is 0 Å². The number of carbonyl (C=O) groups excluding carboxylic acids is 2. The summed E-state index contributed by atoms with van der Waals surface area (Å²) >= 11 is 1.24. The zero-order chi connectivity index (χ0) is 16.2. The van der Waals surface area contributed by atoms with E-state index < -0.39 is 0 Å². The first-order valence-electron chi connectivity index (χ1n) is 6.85.